The van der Waals surface area contributed by atoms with Crippen molar-refractivity contribution in [1.82, 2.24) is 19.1 Å². The number of sulfonamides is 1. The van der Waals surface area contributed by atoms with Crippen LogP contribution in [0.15, 0.2) is 36.4 Å². The predicted molar refractivity (Wildman–Crippen MR) is 186 cm³/mol. The number of hydrogen-bond donors (Lipinski definition) is 3. The molecule has 2 saturated carbocycles. The minimum Gasteiger partial charge on any atom is -0.497 e. The van der Waals surface area contributed by atoms with E-state index in [0.29, 0.717) is 35.2 Å². The van der Waals surface area contributed by atoms with Crippen LogP contribution in [0.25, 0.3) is 33.8 Å². The van der Waals surface area contributed by atoms with Crippen molar-refractivity contribution in [3.05, 3.63) is 70.0 Å². The molecule has 0 bridgehead atoms. The number of aliphatic hydroxyl groups excluding tert-OH is 1. The lowest BCUT2D eigenvalue weighted by Crippen LogP contribution is -2.35. The zero-order valence-electron chi connectivity index (χ0n) is 28.0. The molecule has 254 valence electrons. The number of rotatable bonds is 8. The summed E-state index contributed by atoms with van der Waals surface area (Å²) in [6.45, 7) is 5.27. The summed E-state index contributed by atoms with van der Waals surface area (Å²) in [5.74, 6) is 0.358. The third-order valence-electron chi connectivity index (χ3n) is 10.5. The van der Waals surface area contributed by atoms with Crippen LogP contribution in [0.3, 0.4) is 0 Å². The molecule has 3 aliphatic rings. The van der Waals surface area contributed by atoms with E-state index < -0.39 is 27.5 Å². The second-order valence-corrected chi connectivity index (χ2v) is 16.1. The molecule has 0 saturated heterocycles. The molecule has 2 aliphatic carbocycles. The number of aliphatic hydroxyl groups is 2. The van der Waals surface area contributed by atoms with Gasteiger partial charge in [-0.1, -0.05) is 25.3 Å². The molecule has 1 aliphatic heterocycles. The van der Waals surface area contributed by atoms with E-state index in [-0.39, 0.29) is 11.6 Å². The van der Waals surface area contributed by atoms with Gasteiger partial charge in [-0.15, -0.1) is 0 Å². The quantitative estimate of drug-likeness (QED) is 0.180. The van der Waals surface area contributed by atoms with Crippen molar-refractivity contribution in [1.29, 1.82) is 0 Å². The van der Waals surface area contributed by atoms with Crippen molar-refractivity contribution in [3.8, 4) is 17.0 Å². The number of aryl methyl sites for hydroxylation is 1. The van der Waals surface area contributed by atoms with Gasteiger partial charge in [0.2, 0.25) is 10.0 Å². The Labute approximate surface area is 281 Å². The lowest BCUT2D eigenvalue weighted by atomic mass is 9.81. The third kappa shape index (κ3) is 5.55. The number of amides is 1. The van der Waals surface area contributed by atoms with Crippen LogP contribution in [0, 0.1) is 6.92 Å². The number of carbonyl (C=O) groups is 1. The molecule has 2 aromatic carbocycles. The third-order valence-corrected chi connectivity index (χ3v) is 12.2. The van der Waals surface area contributed by atoms with Crippen LogP contribution >= 0.6 is 0 Å². The number of methoxy groups -OCH3 is 1. The Kier molecular flexibility index (Phi) is 8.50. The number of carbonyl (C=O) groups excluding carboxylic acids is 1. The van der Waals surface area contributed by atoms with Gasteiger partial charge < -0.3 is 19.5 Å². The van der Waals surface area contributed by atoms with E-state index in [9.17, 15) is 23.4 Å². The van der Waals surface area contributed by atoms with E-state index in [1.807, 2.05) is 29.8 Å². The fourth-order valence-corrected chi connectivity index (χ4v) is 8.33. The number of benzene rings is 2. The number of nitrogens with one attached hydrogen (secondary N) is 1. The molecule has 0 unspecified atom stereocenters. The number of nitrogens with zero attached hydrogens (tertiary/aromatic N) is 3. The highest BCUT2D eigenvalue weighted by molar-refractivity contribution is 7.90. The van der Waals surface area contributed by atoms with Crippen LogP contribution in [0.2, 0.25) is 0 Å². The molecule has 0 atom stereocenters. The number of allylic oxidation sites excluding steroid dienone is 1. The van der Waals surface area contributed by atoms with Gasteiger partial charge in [-0.3, -0.25) is 9.48 Å². The van der Waals surface area contributed by atoms with E-state index in [1.54, 1.807) is 19.2 Å². The van der Waals surface area contributed by atoms with Crippen molar-refractivity contribution >= 4 is 38.5 Å². The number of fused-ring (bicyclic) bond motifs is 5. The van der Waals surface area contributed by atoms with Gasteiger partial charge in [0.05, 0.1) is 47.6 Å². The molecule has 10 nitrogen and oxygen atoms in total. The summed E-state index contributed by atoms with van der Waals surface area (Å²) in [5, 5.41) is 26.5. The Balaban J connectivity index is 1.50. The van der Waals surface area contributed by atoms with Crippen LogP contribution in [0.1, 0.15) is 122 Å². The summed E-state index contributed by atoms with van der Waals surface area (Å²) in [6.07, 6.45) is 9.03. The maximum absolute atomic E-state index is 13.4. The summed E-state index contributed by atoms with van der Waals surface area (Å²) >= 11 is 0. The van der Waals surface area contributed by atoms with Crippen LogP contribution in [-0.4, -0.2) is 51.2 Å². The molecule has 2 aromatic heterocycles. The number of ether oxygens (including phenoxy) is 1. The SMILES string of the molecule is COc1ccc2c(c1)C=C(c1c(C(O)O)c(C)nn1C1CCC1)Cn1c-2c(C2CCCCC2)c2ccc(C(=O)NS(=O)(=O)C(C)C)cc21. The molecule has 0 radical (unpaired) electrons. The molecule has 2 fully saturated rings. The van der Waals surface area contributed by atoms with E-state index in [4.69, 9.17) is 9.84 Å². The topological polar surface area (TPSA) is 136 Å². The van der Waals surface area contributed by atoms with Crippen molar-refractivity contribution in [2.75, 3.05) is 7.11 Å². The Morgan fingerprint density at radius 2 is 1.75 bits per heavy atom. The Hall–Kier alpha value is -3.93. The van der Waals surface area contributed by atoms with Crippen molar-refractivity contribution in [3.63, 3.8) is 0 Å². The van der Waals surface area contributed by atoms with Crippen LogP contribution in [-0.2, 0) is 16.6 Å². The first-order chi connectivity index (χ1) is 23.0. The molecular formula is C37H44N4O6S. The summed E-state index contributed by atoms with van der Waals surface area (Å²) in [7, 11) is -2.18. The lowest BCUT2D eigenvalue weighted by molar-refractivity contribution is -0.0432. The lowest BCUT2D eigenvalue weighted by Gasteiger charge is -2.28. The first kappa shape index (κ1) is 32.6. The zero-order chi connectivity index (χ0) is 33.9. The second kappa shape index (κ2) is 12.5. The fraction of sp³-hybridized carbons (Fsp3) is 0.459. The highest BCUT2D eigenvalue weighted by Crippen LogP contribution is 2.49. The molecule has 48 heavy (non-hydrogen) atoms. The van der Waals surface area contributed by atoms with Crippen LogP contribution in [0.4, 0.5) is 0 Å². The molecule has 1 amide bonds. The monoisotopic (exact) mass is 672 g/mol. The van der Waals surface area contributed by atoms with Crippen LogP contribution < -0.4 is 9.46 Å². The van der Waals surface area contributed by atoms with E-state index in [0.717, 1.165) is 78.2 Å². The maximum atomic E-state index is 13.4. The van der Waals surface area contributed by atoms with Gasteiger partial charge >= 0.3 is 0 Å². The highest BCUT2D eigenvalue weighted by Gasteiger charge is 2.34. The summed E-state index contributed by atoms with van der Waals surface area (Å²) in [5.41, 5.74) is 7.88. The largest absolute Gasteiger partial charge is 0.497 e. The highest BCUT2D eigenvalue weighted by atomic mass is 32.2. The van der Waals surface area contributed by atoms with Gasteiger partial charge in [0.25, 0.3) is 5.91 Å². The van der Waals surface area contributed by atoms with Gasteiger partial charge in [0.1, 0.15) is 5.75 Å². The van der Waals surface area contributed by atoms with Gasteiger partial charge in [0.15, 0.2) is 6.29 Å². The van der Waals surface area contributed by atoms with Crippen molar-refractivity contribution in [2.45, 2.75) is 102 Å². The average molecular weight is 673 g/mol. The molecule has 0 spiro atoms. The minimum absolute atomic E-state index is 0.164. The van der Waals surface area contributed by atoms with E-state index in [2.05, 4.69) is 21.4 Å². The normalized spacial score (nSPS) is 17.2. The summed E-state index contributed by atoms with van der Waals surface area (Å²) in [6, 6.07) is 11.7. The first-order valence-electron chi connectivity index (χ1n) is 17.0. The Bertz CT molecular complexity index is 2050. The summed E-state index contributed by atoms with van der Waals surface area (Å²) in [4.78, 5) is 13.4. The maximum Gasteiger partial charge on any atom is 0.264 e. The van der Waals surface area contributed by atoms with Gasteiger partial charge in [-0.05, 0) is 112 Å². The number of aromatic nitrogens is 3. The molecule has 11 heteroatoms. The number of hydrogen-bond acceptors (Lipinski definition) is 7. The van der Waals surface area contributed by atoms with Gasteiger partial charge in [0, 0.05) is 22.0 Å². The molecule has 3 N–H and O–H groups in total. The van der Waals surface area contributed by atoms with Crippen molar-refractivity contribution < 1.29 is 28.2 Å². The Morgan fingerprint density at radius 1 is 1.00 bits per heavy atom. The summed E-state index contributed by atoms with van der Waals surface area (Å²) < 4.78 is 37.5. The second-order valence-electron chi connectivity index (χ2n) is 13.8. The predicted octanol–water partition coefficient (Wildman–Crippen LogP) is 6.60. The first-order valence-corrected chi connectivity index (χ1v) is 18.6. The van der Waals surface area contributed by atoms with Gasteiger partial charge in [-0.25, -0.2) is 13.1 Å². The molecule has 4 aromatic rings. The minimum atomic E-state index is -3.83. The van der Waals surface area contributed by atoms with E-state index in [1.165, 1.54) is 25.8 Å². The average Bonchev–Trinajstić information content (AvgIpc) is 3.47. The van der Waals surface area contributed by atoms with Gasteiger partial charge in [-0.2, -0.15) is 5.10 Å². The standard InChI is InChI=1S/C37H44N4O6S/c1-21(2)48(45,46)39-36(42)24-13-15-30-31(19-24)40-20-26(34-32(37(43)44)22(3)38-41(34)27-11-8-12-27)17-25-18-28(47-4)14-16-29(25)35(40)33(30)23-9-6-5-7-10-23/h13-19,21,23,27,37,43-44H,5-12,20H2,1-4H3,(H,39,42). The molecule has 3 heterocycles. The van der Waals surface area contributed by atoms with Crippen LogP contribution in [0.5, 0.6) is 5.75 Å². The van der Waals surface area contributed by atoms with Crippen molar-refractivity contribution in [2.24, 2.45) is 0 Å². The fourth-order valence-electron chi connectivity index (χ4n) is 7.72. The zero-order valence-corrected chi connectivity index (χ0v) is 28.8. The molecular weight excluding hydrogens is 628 g/mol. The smallest absolute Gasteiger partial charge is 0.264 e. The van der Waals surface area contributed by atoms with E-state index >= 15 is 0 Å². The molecule has 7 rings (SSSR count). The Morgan fingerprint density at radius 3 is 2.40 bits per heavy atom.